The van der Waals surface area contributed by atoms with Crippen LogP contribution in [0.4, 0.5) is 0 Å². The molecule has 0 spiro atoms. The molecule has 1 aromatic rings. The molecule has 0 radical (unpaired) electrons. The molecule has 0 bridgehead atoms. The third-order valence-corrected chi connectivity index (χ3v) is 7.00. The number of nitrogens with zero attached hydrogens (tertiary/aromatic N) is 1. The maximum atomic E-state index is 13.1. The number of benzene rings is 1. The first-order valence-corrected chi connectivity index (χ1v) is 10.7. The number of rotatable bonds is 5. The minimum Gasteiger partial charge on any atom is -0.384 e. The Kier molecular flexibility index (Phi) is 6.27. The fourth-order valence-electron chi connectivity index (χ4n) is 4.21. The van der Waals surface area contributed by atoms with Crippen LogP contribution in [-0.2, 0) is 15.2 Å². The van der Waals surface area contributed by atoms with Gasteiger partial charge in [0.1, 0.15) is 0 Å². The zero-order chi connectivity index (χ0) is 21.4. The van der Waals surface area contributed by atoms with Crippen LogP contribution in [0.25, 0.3) is 0 Å². The van der Waals surface area contributed by atoms with E-state index in [1.807, 2.05) is 44.7 Å². The molecule has 2 amide bonds. The van der Waals surface area contributed by atoms with Gasteiger partial charge in [0.15, 0.2) is 0 Å². The molecule has 2 fully saturated rings. The summed E-state index contributed by atoms with van der Waals surface area (Å²) >= 11 is 6.00. The Bertz CT molecular complexity index is 763. The molecule has 160 valence electrons. The summed E-state index contributed by atoms with van der Waals surface area (Å²) in [7, 11) is 0. The molecule has 1 aromatic carbocycles. The molecule has 0 saturated carbocycles. The van der Waals surface area contributed by atoms with Crippen molar-refractivity contribution in [2.75, 3.05) is 26.2 Å². The highest BCUT2D eigenvalue weighted by Crippen LogP contribution is 2.46. The quantitative estimate of drug-likeness (QED) is 0.680. The van der Waals surface area contributed by atoms with Gasteiger partial charge in [-0.3, -0.25) is 9.59 Å². The van der Waals surface area contributed by atoms with Gasteiger partial charge in [0.05, 0.1) is 17.4 Å². The lowest BCUT2D eigenvalue weighted by molar-refractivity contribution is -0.157. The number of nitrogens with one attached hydrogen (secondary N) is 2. The van der Waals surface area contributed by atoms with Gasteiger partial charge in [-0.05, 0) is 31.0 Å². The third kappa shape index (κ3) is 4.30. The predicted octanol–water partition coefficient (Wildman–Crippen LogP) is 2.15. The lowest BCUT2D eigenvalue weighted by Crippen LogP contribution is -2.59. The van der Waals surface area contributed by atoms with Gasteiger partial charge in [-0.1, -0.05) is 44.5 Å². The average molecular weight is 422 g/mol. The molecule has 2 heterocycles. The summed E-state index contributed by atoms with van der Waals surface area (Å²) in [6, 6.07) is 7.04. The van der Waals surface area contributed by atoms with Crippen LogP contribution in [0.15, 0.2) is 24.3 Å². The van der Waals surface area contributed by atoms with Crippen LogP contribution in [0.3, 0.4) is 0 Å². The number of hydrogen-bond donors (Lipinski definition) is 3. The second-order valence-corrected chi connectivity index (χ2v) is 9.64. The maximum absolute atomic E-state index is 13.1. The number of carbonyl (C=O) groups excluding carboxylic acids is 2. The van der Waals surface area contributed by atoms with Gasteiger partial charge < -0.3 is 20.6 Å². The van der Waals surface area contributed by atoms with Crippen molar-refractivity contribution in [1.82, 2.24) is 15.5 Å². The van der Waals surface area contributed by atoms with Gasteiger partial charge in [0, 0.05) is 42.7 Å². The van der Waals surface area contributed by atoms with Crippen molar-refractivity contribution < 1.29 is 14.7 Å². The number of aliphatic hydroxyl groups is 1. The Balaban J connectivity index is 1.66. The van der Waals surface area contributed by atoms with Crippen molar-refractivity contribution in [3.63, 3.8) is 0 Å². The first-order valence-electron chi connectivity index (χ1n) is 10.3. The smallest absolute Gasteiger partial charge is 0.227 e. The first kappa shape index (κ1) is 22.1. The van der Waals surface area contributed by atoms with Gasteiger partial charge in [-0.15, -0.1) is 0 Å². The zero-order valence-electron chi connectivity index (χ0n) is 17.7. The lowest BCUT2D eigenvalue weighted by Gasteiger charge is -2.51. The molecule has 3 N–H and O–H groups in total. The fraction of sp³-hybridized carbons (Fsp3) is 0.636. The minimum atomic E-state index is -1.03. The average Bonchev–Trinajstić information content (AvgIpc) is 2.61. The monoisotopic (exact) mass is 421 g/mol. The van der Waals surface area contributed by atoms with Gasteiger partial charge in [-0.25, -0.2) is 0 Å². The molecule has 3 atom stereocenters. The number of carbonyl (C=O) groups is 2. The van der Waals surface area contributed by atoms with E-state index < -0.39 is 11.0 Å². The summed E-state index contributed by atoms with van der Waals surface area (Å²) in [5.74, 6) is -0.310. The molecule has 29 heavy (non-hydrogen) atoms. The van der Waals surface area contributed by atoms with E-state index in [2.05, 4.69) is 10.6 Å². The molecule has 7 heteroatoms. The summed E-state index contributed by atoms with van der Waals surface area (Å²) in [5, 5.41) is 18.2. The topological polar surface area (TPSA) is 81.7 Å². The van der Waals surface area contributed by atoms with E-state index >= 15 is 0 Å². The SMILES string of the molecule is CC(NC(=O)C1CNC1)[C@@H](C)C(=O)N1CC[C@](O)(c2ccc(Cl)cc2)C(C)(C)C1. The molecule has 0 aromatic heterocycles. The second kappa shape index (κ2) is 8.25. The van der Waals surface area contributed by atoms with Crippen LogP contribution in [0.5, 0.6) is 0 Å². The van der Waals surface area contributed by atoms with E-state index in [1.54, 1.807) is 12.1 Å². The number of piperidine rings is 1. The van der Waals surface area contributed by atoms with Crippen molar-refractivity contribution in [3.05, 3.63) is 34.9 Å². The van der Waals surface area contributed by atoms with Gasteiger partial charge in [0.25, 0.3) is 0 Å². The molecule has 2 aliphatic heterocycles. The Morgan fingerprint density at radius 1 is 1.24 bits per heavy atom. The van der Waals surface area contributed by atoms with E-state index in [0.29, 0.717) is 37.6 Å². The number of amides is 2. The van der Waals surface area contributed by atoms with E-state index in [0.717, 1.165) is 5.56 Å². The van der Waals surface area contributed by atoms with Crippen LogP contribution in [-0.4, -0.2) is 54.0 Å². The highest BCUT2D eigenvalue weighted by molar-refractivity contribution is 6.30. The Hall–Kier alpha value is -1.63. The van der Waals surface area contributed by atoms with Crippen molar-refractivity contribution in [3.8, 4) is 0 Å². The summed E-state index contributed by atoms with van der Waals surface area (Å²) in [5.41, 5.74) is -0.741. The highest BCUT2D eigenvalue weighted by atomic mass is 35.5. The summed E-state index contributed by atoms with van der Waals surface area (Å²) < 4.78 is 0. The number of halogens is 1. The van der Waals surface area contributed by atoms with E-state index in [-0.39, 0.29) is 29.7 Å². The van der Waals surface area contributed by atoms with E-state index in [1.165, 1.54) is 0 Å². The van der Waals surface area contributed by atoms with Crippen LogP contribution >= 0.6 is 11.6 Å². The van der Waals surface area contributed by atoms with Crippen LogP contribution in [0.2, 0.25) is 5.02 Å². The fourth-order valence-corrected chi connectivity index (χ4v) is 4.34. The van der Waals surface area contributed by atoms with Crippen molar-refractivity contribution in [2.45, 2.75) is 45.8 Å². The Labute approximate surface area is 178 Å². The van der Waals surface area contributed by atoms with Crippen LogP contribution in [0, 0.1) is 17.3 Å². The molecule has 6 nitrogen and oxygen atoms in total. The molecule has 2 aliphatic rings. The number of likely N-dealkylation sites (tertiary alicyclic amines) is 1. The third-order valence-electron chi connectivity index (χ3n) is 6.74. The molecule has 3 rings (SSSR count). The summed E-state index contributed by atoms with van der Waals surface area (Å²) in [6.07, 6.45) is 0.453. The van der Waals surface area contributed by atoms with Crippen molar-refractivity contribution >= 4 is 23.4 Å². The lowest BCUT2D eigenvalue weighted by atomic mass is 9.66. The van der Waals surface area contributed by atoms with Crippen LogP contribution < -0.4 is 10.6 Å². The molecule has 0 aliphatic carbocycles. The van der Waals surface area contributed by atoms with Crippen molar-refractivity contribution in [2.24, 2.45) is 17.3 Å². The number of hydrogen-bond acceptors (Lipinski definition) is 4. The van der Waals surface area contributed by atoms with Gasteiger partial charge >= 0.3 is 0 Å². The summed E-state index contributed by atoms with van der Waals surface area (Å²) in [6.45, 7) is 10.0. The molecular formula is C22H32ClN3O3. The van der Waals surface area contributed by atoms with Crippen molar-refractivity contribution in [1.29, 1.82) is 0 Å². The normalized spacial score (nSPS) is 26.3. The van der Waals surface area contributed by atoms with Crippen LogP contribution in [0.1, 0.15) is 39.7 Å². The standard InChI is InChI=1S/C22H32ClN3O3/c1-14(15(2)25-19(27)16-11-24-12-16)20(28)26-10-9-22(29,21(3,4)13-26)17-5-7-18(23)8-6-17/h5-8,14-16,24,29H,9-13H2,1-4H3,(H,25,27)/t14-,15?,22+/m1/s1. The Morgan fingerprint density at radius 3 is 2.38 bits per heavy atom. The largest absolute Gasteiger partial charge is 0.384 e. The zero-order valence-corrected chi connectivity index (χ0v) is 18.4. The maximum Gasteiger partial charge on any atom is 0.227 e. The predicted molar refractivity (Wildman–Crippen MR) is 113 cm³/mol. The first-order chi connectivity index (χ1) is 13.5. The van der Waals surface area contributed by atoms with Gasteiger partial charge in [0.2, 0.25) is 11.8 Å². The Morgan fingerprint density at radius 2 is 1.86 bits per heavy atom. The van der Waals surface area contributed by atoms with Gasteiger partial charge in [-0.2, -0.15) is 0 Å². The second-order valence-electron chi connectivity index (χ2n) is 9.20. The molecule has 2 saturated heterocycles. The molecular weight excluding hydrogens is 390 g/mol. The molecule has 1 unspecified atom stereocenters. The van der Waals surface area contributed by atoms with E-state index in [9.17, 15) is 14.7 Å². The minimum absolute atomic E-state index is 0.00283. The van der Waals surface area contributed by atoms with E-state index in [4.69, 9.17) is 11.6 Å². The summed E-state index contributed by atoms with van der Waals surface area (Å²) in [4.78, 5) is 27.1. The highest BCUT2D eigenvalue weighted by Gasteiger charge is 2.50.